The van der Waals surface area contributed by atoms with Crippen LogP contribution in [0.15, 0.2) is 24.3 Å². The number of piperidine rings is 1. The highest BCUT2D eigenvalue weighted by Gasteiger charge is 2.37. The molecule has 2 aliphatic rings. The highest BCUT2D eigenvalue weighted by atomic mass is 15.2. The summed E-state index contributed by atoms with van der Waals surface area (Å²) in [4.78, 5) is 2.59. The van der Waals surface area contributed by atoms with Gasteiger partial charge in [-0.2, -0.15) is 0 Å². The van der Waals surface area contributed by atoms with Crippen LogP contribution in [-0.2, 0) is 0 Å². The first-order chi connectivity index (χ1) is 8.28. The van der Waals surface area contributed by atoms with Gasteiger partial charge in [-0.15, -0.1) is 0 Å². The fourth-order valence-electron chi connectivity index (χ4n) is 3.39. The highest BCUT2D eigenvalue weighted by molar-refractivity contribution is 5.50. The molecular weight excluding hydrogens is 208 g/mol. The molecule has 1 aromatic rings. The Labute approximate surface area is 104 Å². The van der Waals surface area contributed by atoms with Crippen molar-refractivity contribution in [2.45, 2.75) is 44.7 Å². The van der Waals surface area contributed by atoms with E-state index in [1.807, 2.05) is 0 Å². The third-order valence-corrected chi connectivity index (χ3v) is 4.50. The molecule has 1 aliphatic carbocycles. The number of hydrogen-bond donors (Lipinski definition) is 1. The Morgan fingerprint density at radius 3 is 2.59 bits per heavy atom. The van der Waals surface area contributed by atoms with E-state index in [4.69, 9.17) is 5.73 Å². The van der Waals surface area contributed by atoms with E-state index >= 15 is 0 Å². The SMILES string of the molecule is CC[C@@H](N)c1ccc(N2CC3CCC2C3)cc1. The summed E-state index contributed by atoms with van der Waals surface area (Å²) < 4.78 is 0. The standard InChI is InChI=1S/C15H22N2/c1-2-15(16)12-4-7-13(8-5-12)17-10-11-3-6-14(17)9-11/h4-5,7-8,11,14-15H,2-3,6,9-10,16H2,1H3/t11?,14?,15-/m1/s1. The second-order valence-electron chi connectivity index (χ2n) is 5.59. The topological polar surface area (TPSA) is 29.3 Å². The Hall–Kier alpha value is -1.02. The summed E-state index contributed by atoms with van der Waals surface area (Å²) in [6.45, 7) is 3.40. The van der Waals surface area contributed by atoms with Crippen LogP contribution in [0.3, 0.4) is 0 Å². The van der Waals surface area contributed by atoms with E-state index in [2.05, 4.69) is 36.1 Å². The van der Waals surface area contributed by atoms with Crippen LogP contribution in [0.25, 0.3) is 0 Å². The predicted molar refractivity (Wildman–Crippen MR) is 72.1 cm³/mol. The maximum Gasteiger partial charge on any atom is 0.0369 e. The lowest BCUT2D eigenvalue weighted by Crippen LogP contribution is -2.31. The van der Waals surface area contributed by atoms with Crippen molar-refractivity contribution < 1.29 is 0 Å². The highest BCUT2D eigenvalue weighted by Crippen LogP contribution is 2.40. The number of hydrogen-bond acceptors (Lipinski definition) is 2. The van der Waals surface area contributed by atoms with Crippen LogP contribution in [-0.4, -0.2) is 12.6 Å². The van der Waals surface area contributed by atoms with Crippen molar-refractivity contribution in [3.8, 4) is 0 Å². The summed E-state index contributed by atoms with van der Waals surface area (Å²) in [5.41, 5.74) is 8.70. The maximum absolute atomic E-state index is 6.04. The van der Waals surface area contributed by atoms with E-state index < -0.39 is 0 Å². The van der Waals surface area contributed by atoms with E-state index in [1.165, 1.54) is 37.1 Å². The molecule has 2 unspecified atom stereocenters. The maximum atomic E-state index is 6.04. The predicted octanol–water partition coefficient (Wildman–Crippen LogP) is 3.09. The van der Waals surface area contributed by atoms with Crippen molar-refractivity contribution in [2.75, 3.05) is 11.4 Å². The summed E-state index contributed by atoms with van der Waals surface area (Å²) in [6.07, 6.45) is 5.25. The number of benzene rings is 1. The fourth-order valence-corrected chi connectivity index (χ4v) is 3.39. The van der Waals surface area contributed by atoms with Crippen LogP contribution in [0.1, 0.15) is 44.2 Å². The molecule has 17 heavy (non-hydrogen) atoms. The number of rotatable bonds is 3. The molecule has 2 fully saturated rings. The van der Waals surface area contributed by atoms with E-state index in [-0.39, 0.29) is 6.04 Å². The molecule has 0 aromatic heterocycles. The second kappa shape index (κ2) is 4.34. The molecule has 1 aliphatic heterocycles. The summed E-state index contributed by atoms with van der Waals surface area (Å²) in [5.74, 6) is 0.956. The number of nitrogens with two attached hydrogens (primary N) is 1. The van der Waals surface area contributed by atoms with Crippen molar-refractivity contribution in [1.82, 2.24) is 0 Å². The third kappa shape index (κ3) is 1.95. The van der Waals surface area contributed by atoms with E-state index in [0.717, 1.165) is 18.4 Å². The van der Waals surface area contributed by atoms with Gasteiger partial charge in [0.1, 0.15) is 0 Å². The monoisotopic (exact) mass is 230 g/mol. The molecular formula is C15H22N2. The van der Waals surface area contributed by atoms with Gasteiger partial charge >= 0.3 is 0 Å². The van der Waals surface area contributed by atoms with Gasteiger partial charge in [0.15, 0.2) is 0 Å². The van der Waals surface area contributed by atoms with Crippen LogP contribution >= 0.6 is 0 Å². The van der Waals surface area contributed by atoms with Gasteiger partial charge in [0.05, 0.1) is 0 Å². The molecule has 2 nitrogen and oxygen atoms in total. The zero-order valence-electron chi connectivity index (χ0n) is 10.6. The first-order valence-corrected chi connectivity index (χ1v) is 6.90. The molecule has 0 amide bonds. The lowest BCUT2D eigenvalue weighted by Gasteiger charge is -2.29. The largest absolute Gasteiger partial charge is 0.368 e. The zero-order chi connectivity index (χ0) is 11.8. The molecule has 2 heteroatoms. The van der Waals surface area contributed by atoms with Gasteiger partial charge in [-0.25, -0.2) is 0 Å². The van der Waals surface area contributed by atoms with Gasteiger partial charge in [0.25, 0.3) is 0 Å². The van der Waals surface area contributed by atoms with Crippen molar-refractivity contribution in [3.63, 3.8) is 0 Å². The molecule has 1 aromatic carbocycles. The van der Waals surface area contributed by atoms with Crippen molar-refractivity contribution in [1.29, 1.82) is 0 Å². The van der Waals surface area contributed by atoms with Gasteiger partial charge in [-0.3, -0.25) is 0 Å². The van der Waals surface area contributed by atoms with E-state index in [1.54, 1.807) is 0 Å². The fraction of sp³-hybridized carbons (Fsp3) is 0.600. The van der Waals surface area contributed by atoms with Gasteiger partial charge in [0.2, 0.25) is 0 Å². The molecule has 3 atom stereocenters. The molecule has 92 valence electrons. The van der Waals surface area contributed by atoms with Crippen molar-refractivity contribution in [3.05, 3.63) is 29.8 Å². The minimum atomic E-state index is 0.194. The van der Waals surface area contributed by atoms with Gasteiger partial charge in [-0.05, 0) is 49.3 Å². The van der Waals surface area contributed by atoms with Crippen LogP contribution in [0.4, 0.5) is 5.69 Å². The number of fused-ring (bicyclic) bond motifs is 2. The molecule has 1 saturated heterocycles. The minimum Gasteiger partial charge on any atom is -0.368 e. The van der Waals surface area contributed by atoms with Crippen LogP contribution in [0, 0.1) is 5.92 Å². The quantitative estimate of drug-likeness (QED) is 0.864. The Morgan fingerprint density at radius 2 is 2.06 bits per heavy atom. The Balaban J connectivity index is 1.76. The summed E-state index contributed by atoms with van der Waals surface area (Å²) in [6, 6.07) is 9.92. The van der Waals surface area contributed by atoms with Crippen molar-refractivity contribution in [2.24, 2.45) is 11.7 Å². The average molecular weight is 230 g/mol. The first-order valence-electron chi connectivity index (χ1n) is 6.90. The number of anilines is 1. The molecule has 3 rings (SSSR count). The Kier molecular flexibility index (Phi) is 2.83. The van der Waals surface area contributed by atoms with Crippen molar-refractivity contribution >= 4 is 5.69 Å². The van der Waals surface area contributed by atoms with Crippen LogP contribution < -0.4 is 10.6 Å². The molecule has 2 bridgehead atoms. The Bertz CT molecular complexity index is 384. The normalized spacial score (nSPS) is 28.7. The molecule has 2 N–H and O–H groups in total. The third-order valence-electron chi connectivity index (χ3n) is 4.50. The lowest BCUT2D eigenvalue weighted by molar-refractivity contribution is 0.553. The Morgan fingerprint density at radius 1 is 1.29 bits per heavy atom. The van der Waals surface area contributed by atoms with Gasteiger partial charge < -0.3 is 10.6 Å². The smallest absolute Gasteiger partial charge is 0.0369 e. The minimum absolute atomic E-state index is 0.194. The number of nitrogens with zero attached hydrogens (tertiary/aromatic N) is 1. The van der Waals surface area contributed by atoms with Gasteiger partial charge in [-0.1, -0.05) is 19.1 Å². The average Bonchev–Trinajstić information content (AvgIpc) is 3.00. The second-order valence-corrected chi connectivity index (χ2v) is 5.59. The van der Waals surface area contributed by atoms with E-state index in [9.17, 15) is 0 Å². The summed E-state index contributed by atoms with van der Waals surface area (Å²) >= 11 is 0. The van der Waals surface area contributed by atoms with Gasteiger partial charge in [0, 0.05) is 24.3 Å². The summed E-state index contributed by atoms with van der Waals surface area (Å²) in [5, 5.41) is 0. The van der Waals surface area contributed by atoms with Crippen LogP contribution in [0.5, 0.6) is 0 Å². The lowest BCUT2D eigenvalue weighted by atomic mass is 10.0. The molecule has 1 saturated carbocycles. The van der Waals surface area contributed by atoms with Crippen LogP contribution in [0.2, 0.25) is 0 Å². The first kappa shape index (κ1) is 11.1. The molecule has 0 spiro atoms. The molecule has 1 heterocycles. The summed E-state index contributed by atoms with van der Waals surface area (Å²) in [7, 11) is 0. The van der Waals surface area contributed by atoms with E-state index in [0.29, 0.717) is 0 Å². The molecule has 0 radical (unpaired) electrons. The zero-order valence-corrected chi connectivity index (χ0v) is 10.6.